The van der Waals surface area contributed by atoms with Crippen LogP contribution in [0.25, 0.3) is 0 Å². The summed E-state index contributed by atoms with van der Waals surface area (Å²) in [5.41, 5.74) is 2.83. The van der Waals surface area contributed by atoms with Gasteiger partial charge in [-0.15, -0.1) is 0 Å². The van der Waals surface area contributed by atoms with Crippen LogP contribution in [0.4, 0.5) is 0 Å². The zero-order valence-electron chi connectivity index (χ0n) is 12.7. The van der Waals surface area contributed by atoms with E-state index in [9.17, 15) is 0 Å². The van der Waals surface area contributed by atoms with Gasteiger partial charge in [-0.05, 0) is 29.1 Å². The Morgan fingerprint density at radius 3 is 1.53 bits per heavy atom. The van der Waals surface area contributed by atoms with Crippen molar-refractivity contribution in [3.63, 3.8) is 0 Å². The zero-order valence-corrected chi connectivity index (χ0v) is 13.7. The topological polar surface area (TPSA) is 9.23 Å². The molecule has 0 fully saturated rings. The first kappa shape index (κ1) is 16.7. The van der Waals surface area contributed by atoms with Crippen LogP contribution < -0.4 is 0 Å². The SMILES string of the molecule is C=CC(=C)C(C)O[Si](C(C)C)(C(C)C)C(C)C. The van der Waals surface area contributed by atoms with Crippen molar-refractivity contribution in [2.75, 3.05) is 0 Å². The Labute approximate surface area is 109 Å². The van der Waals surface area contributed by atoms with Gasteiger partial charge in [0, 0.05) is 0 Å². The molecule has 0 aliphatic carbocycles. The second-order valence-corrected chi connectivity index (χ2v) is 11.3. The zero-order chi connectivity index (χ0) is 13.8. The van der Waals surface area contributed by atoms with Crippen LogP contribution in [-0.2, 0) is 4.43 Å². The summed E-state index contributed by atoms with van der Waals surface area (Å²) in [7, 11) is -1.78. The van der Waals surface area contributed by atoms with E-state index in [1.54, 1.807) is 0 Å². The van der Waals surface area contributed by atoms with E-state index in [0.29, 0.717) is 16.6 Å². The van der Waals surface area contributed by atoms with Crippen molar-refractivity contribution in [3.05, 3.63) is 24.8 Å². The van der Waals surface area contributed by atoms with Crippen molar-refractivity contribution >= 4 is 8.32 Å². The van der Waals surface area contributed by atoms with E-state index < -0.39 is 8.32 Å². The second kappa shape index (κ2) is 6.55. The molecule has 0 aromatic rings. The first-order valence-corrected chi connectivity index (χ1v) is 8.83. The van der Waals surface area contributed by atoms with Crippen molar-refractivity contribution in [1.29, 1.82) is 0 Å². The predicted molar refractivity (Wildman–Crippen MR) is 80.9 cm³/mol. The van der Waals surface area contributed by atoms with Gasteiger partial charge in [0.05, 0.1) is 6.10 Å². The van der Waals surface area contributed by atoms with E-state index in [1.807, 2.05) is 6.08 Å². The lowest BCUT2D eigenvalue weighted by atomic mass is 10.2. The molecule has 2 heteroatoms. The van der Waals surface area contributed by atoms with Crippen LogP contribution in [0.2, 0.25) is 16.6 Å². The molecule has 100 valence electrons. The third kappa shape index (κ3) is 3.56. The smallest absolute Gasteiger partial charge is 0.201 e. The Morgan fingerprint density at radius 1 is 0.941 bits per heavy atom. The van der Waals surface area contributed by atoms with E-state index in [2.05, 4.69) is 61.6 Å². The standard InChI is InChI=1S/C15H30OSi/c1-10-14(8)15(9)16-17(11(2)3,12(4)5)13(6)7/h10-13,15H,1,8H2,2-7,9H3. The molecule has 0 aromatic carbocycles. The van der Waals surface area contributed by atoms with E-state index in [1.165, 1.54) is 0 Å². The van der Waals surface area contributed by atoms with Crippen molar-refractivity contribution < 1.29 is 4.43 Å². The average molecular weight is 254 g/mol. The molecule has 1 nitrogen and oxygen atoms in total. The van der Waals surface area contributed by atoms with E-state index in [-0.39, 0.29) is 6.10 Å². The van der Waals surface area contributed by atoms with Crippen molar-refractivity contribution in [2.24, 2.45) is 0 Å². The summed E-state index contributed by atoms with van der Waals surface area (Å²) in [6.07, 6.45) is 1.90. The molecule has 1 unspecified atom stereocenters. The van der Waals surface area contributed by atoms with Crippen LogP contribution in [-0.4, -0.2) is 14.4 Å². The van der Waals surface area contributed by atoms with Crippen LogP contribution in [0.15, 0.2) is 24.8 Å². The van der Waals surface area contributed by atoms with Gasteiger partial charge in [0.1, 0.15) is 0 Å². The van der Waals surface area contributed by atoms with Crippen LogP contribution in [0.5, 0.6) is 0 Å². The summed E-state index contributed by atoms with van der Waals surface area (Å²) in [6, 6.07) is 0. The molecule has 0 saturated heterocycles. The van der Waals surface area contributed by atoms with Gasteiger partial charge in [-0.3, -0.25) is 0 Å². The lowest BCUT2D eigenvalue weighted by molar-refractivity contribution is 0.227. The molecular formula is C15H30OSi. The third-order valence-electron chi connectivity index (χ3n) is 3.87. The van der Waals surface area contributed by atoms with Crippen LogP contribution >= 0.6 is 0 Å². The highest BCUT2D eigenvalue weighted by atomic mass is 28.4. The molecule has 17 heavy (non-hydrogen) atoms. The van der Waals surface area contributed by atoms with Gasteiger partial charge in [0.15, 0.2) is 0 Å². The highest BCUT2D eigenvalue weighted by molar-refractivity contribution is 6.77. The van der Waals surface area contributed by atoms with Crippen LogP contribution in [0.1, 0.15) is 48.5 Å². The van der Waals surface area contributed by atoms with Gasteiger partial charge in [0.25, 0.3) is 0 Å². The van der Waals surface area contributed by atoms with E-state index in [0.717, 1.165) is 5.57 Å². The number of hydrogen-bond donors (Lipinski definition) is 0. The van der Waals surface area contributed by atoms with Gasteiger partial charge in [-0.2, -0.15) is 0 Å². The van der Waals surface area contributed by atoms with Crippen LogP contribution in [0, 0.1) is 0 Å². The lowest BCUT2D eigenvalue weighted by Gasteiger charge is -2.44. The monoisotopic (exact) mass is 254 g/mol. The summed E-state index contributed by atoms with van der Waals surface area (Å²) in [4.78, 5) is 0. The van der Waals surface area contributed by atoms with Crippen molar-refractivity contribution in [3.8, 4) is 0 Å². The molecule has 0 N–H and O–H groups in total. The molecule has 0 saturated carbocycles. The summed E-state index contributed by atoms with van der Waals surface area (Å²) >= 11 is 0. The number of rotatable bonds is 7. The minimum atomic E-state index is -1.78. The first-order chi connectivity index (χ1) is 7.70. The van der Waals surface area contributed by atoms with Crippen molar-refractivity contribution in [1.82, 2.24) is 0 Å². The van der Waals surface area contributed by atoms with Gasteiger partial charge in [0.2, 0.25) is 8.32 Å². The fourth-order valence-electron chi connectivity index (χ4n) is 2.96. The largest absolute Gasteiger partial charge is 0.409 e. The van der Waals surface area contributed by atoms with Crippen LogP contribution in [0.3, 0.4) is 0 Å². The molecule has 0 radical (unpaired) electrons. The van der Waals surface area contributed by atoms with E-state index in [4.69, 9.17) is 4.43 Å². The summed E-state index contributed by atoms with van der Waals surface area (Å²) in [6.45, 7) is 23.7. The Kier molecular flexibility index (Phi) is 6.42. The van der Waals surface area contributed by atoms with Gasteiger partial charge >= 0.3 is 0 Å². The van der Waals surface area contributed by atoms with Gasteiger partial charge in [-0.25, -0.2) is 0 Å². The fourth-order valence-corrected chi connectivity index (χ4v) is 8.54. The highest BCUT2D eigenvalue weighted by Gasteiger charge is 2.46. The fraction of sp³-hybridized carbons (Fsp3) is 0.733. The quantitative estimate of drug-likeness (QED) is 0.442. The summed E-state index contributed by atoms with van der Waals surface area (Å²) < 4.78 is 6.54. The molecule has 0 rings (SSSR count). The molecule has 0 aliphatic rings. The molecule has 0 aromatic heterocycles. The maximum Gasteiger partial charge on any atom is 0.201 e. The molecular weight excluding hydrogens is 224 g/mol. The lowest BCUT2D eigenvalue weighted by Crippen LogP contribution is -2.49. The molecule has 0 spiro atoms. The first-order valence-electron chi connectivity index (χ1n) is 6.69. The minimum absolute atomic E-state index is 0.0892. The summed E-state index contributed by atoms with van der Waals surface area (Å²) in [5.74, 6) is 0. The third-order valence-corrected chi connectivity index (χ3v) is 10.0. The Morgan fingerprint density at radius 2 is 1.29 bits per heavy atom. The maximum absolute atomic E-state index is 6.54. The second-order valence-electron chi connectivity index (χ2n) is 5.86. The van der Waals surface area contributed by atoms with E-state index >= 15 is 0 Å². The molecule has 1 atom stereocenters. The average Bonchev–Trinajstić information content (AvgIpc) is 2.22. The van der Waals surface area contributed by atoms with Gasteiger partial charge < -0.3 is 4.43 Å². The Balaban J connectivity index is 5.19. The molecule has 0 aliphatic heterocycles. The predicted octanol–water partition coefficient (Wildman–Crippen LogP) is 5.31. The van der Waals surface area contributed by atoms with Gasteiger partial charge in [-0.1, -0.05) is 60.8 Å². The Hall–Kier alpha value is -0.343. The van der Waals surface area contributed by atoms with Crippen molar-refractivity contribution in [2.45, 2.75) is 71.2 Å². The number of hydrogen-bond acceptors (Lipinski definition) is 1. The summed E-state index contributed by atoms with van der Waals surface area (Å²) in [5, 5.41) is 0. The minimum Gasteiger partial charge on any atom is -0.409 e. The molecule has 0 heterocycles. The maximum atomic E-state index is 6.54. The Bertz CT molecular complexity index is 244. The normalized spacial score (nSPS) is 14.5. The molecule has 0 bridgehead atoms. The highest BCUT2D eigenvalue weighted by Crippen LogP contribution is 2.43. The molecule has 0 amide bonds.